The van der Waals surface area contributed by atoms with E-state index in [2.05, 4.69) is 15.6 Å². The first-order valence-electron chi connectivity index (χ1n) is 7.08. The second kappa shape index (κ2) is 7.77. The quantitative estimate of drug-likeness (QED) is 0.591. The van der Waals surface area contributed by atoms with Gasteiger partial charge in [-0.15, -0.1) is 0 Å². The van der Waals surface area contributed by atoms with Crippen molar-refractivity contribution in [3.8, 4) is 5.75 Å². The van der Waals surface area contributed by atoms with Crippen LogP contribution < -0.4 is 15.4 Å². The summed E-state index contributed by atoms with van der Waals surface area (Å²) in [5, 5.41) is 15.9. The molecule has 0 saturated carbocycles. The number of amides is 2. The molecule has 1 saturated heterocycles. The number of rotatable bonds is 6. The fourth-order valence-electron chi connectivity index (χ4n) is 2.02. The van der Waals surface area contributed by atoms with Crippen molar-refractivity contribution in [3.05, 3.63) is 28.3 Å². The summed E-state index contributed by atoms with van der Waals surface area (Å²) in [6.45, 7) is 2.39. The highest BCUT2D eigenvalue weighted by atomic mass is 32.2. The van der Waals surface area contributed by atoms with Crippen molar-refractivity contribution in [2.45, 2.75) is 18.6 Å². The van der Waals surface area contributed by atoms with Crippen LogP contribution in [0.2, 0.25) is 0 Å². The Morgan fingerprint density at radius 1 is 1.54 bits per heavy atom. The molecule has 1 aliphatic heterocycles. The summed E-state index contributed by atoms with van der Waals surface area (Å²) >= 11 is 1.21. The predicted octanol–water partition coefficient (Wildman–Crippen LogP) is 1.54. The molecule has 2 rings (SSSR count). The number of amidine groups is 1. The summed E-state index contributed by atoms with van der Waals surface area (Å²) in [5.41, 5.74) is 0.162. The van der Waals surface area contributed by atoms with Gasteiger partial charge in [0.25, 0.3) is 5.69 Å². The van der Waals surface area contributed by atoms with E-state index in [0.29, 0.717) is 17.4 Å². The summed E-state index contributed by atoms with van der Waals surface area (Å²) in [6, 6.07) is 3.88. The fourth-order valence-corrected chi connectivity index (χ4v) is 3.06. The highest BCUT2D eigenvalue weighted by Gasteiger charge is 2.32. The minimum Gasteiger partial charge on any atom is -0.494 e. The second-order valence-electron chi connectivity index (χ2n) is 4.77. The molecular formula is C14H16N4O5S. The van der Waals surface area contributed by atoms with E-state index in [1.165, 1.54) is 37.1 Å². The van der Waals surface area contributed by atoms with Gasteiger partial charge in [0.1, 0.15) is 11.0 Å². The Morgan fingerprint density at radius 2 is 2.29 bits per heavy atom. The number of benzene rings is 1. The zero-order chi connectivity index (χ0) is 17.7. The minimum atomic E-state index is -0.556. The summed E-state index contributed by atoms with van der Waals surface area (Å²) in [7, 11) is 1.35. The first-order valence-corrected chi connectivity index (χ1v) is 7.96. The number of methoxy groups -OCH3 is 1. The zero-order valence-corrected chi connectivity index (χ0v) is 13.9. The van der Waals surface area contributed by atoms with Gasteiger partial charge in [-0.25, -0.2) is 0 Å². The maximum absolute atomic E-state index is 12.1. The van der Waals surface area contributed by atoms with E-state index in [9.17, 15) is 19.7 Å². The van der Waals surface area contributed by atoms with Crippen LogP contribution in [0.25, 0.3) is 0 Å². The molecular weight excluding hydrogens is 336 g/mol. The molecule has 0 aromatic heterocycles. The molecule has 2 amide bonds. The SMILES string of the molecule is CCN=C1NC(=O)[C@H](CC(=O)Nc2ccc([N+](=O)[O-])cc2OC)S1. The molecule has 9 nitrogen and oxygen atoms in total. The van der Waals surface area contributed by atoms with E-state index in [-0.39, 0.29) is 23.8 Å². The Bertz CT molecular complexity index is 706. The molecule has 24 heavy (non-hydrogen) atoms. The summed E-state index contributed by atoms with van der Waals surface area (Å²) in [5.74, 6) is -0.486. The molecule has 1 heterocycles. The second-order valence-corrected chi connectivity index (χ2v) is 5.96. The van der Waals surface area contributed by atoms with Crippen molar-refractivity contribution in [2.75, 3.05) is 19.0 Å². The molecule has 128 valence electrons. The number of thioether (sulfide) groups is 1. The largest absolute Gasteiger partial charge is 0.494 e. The van der Waals surface area contributed by atoms with Gasteiger partial charge in [0.05, 0.1) is 23.8 Å². The van der Waals surface area contributed by atoms with Crippen LogP contribution in [-0.2, 0) is 9.59 Å². The maximum atomic E-state index is 12.1. The summed E-state index contributed by atoms with van der Waals surface area (Å²) in [4.78, 5) is 38.2. The molecule has 0 aliphatic carbocycles. The lowest BCUT2D eigenvalue weighted by Crippen LogP contribution is -2.28. The van der Waals surface area contributed by atoms with Crippen molar-refractivity contribution in [2.24, 2.45) is 4.99 Å². The molecule has 1 aliphatic rings. The van der Waals surface area contributed by atoms with Gasteiger partial charge in [0.15, 0.2) is 5.17 Å². The monoisotopic (exact) mass is 352 g/mol. The number of non-ortho nitro benzene ring substituents is 1. The number of nitro benzene ring substituents is 1. The van der Waals surface area contributed by atoms with Crippen LogP contribution in [0.15, 0.2) is 23.2 Å². The first-order chi connectivity index (χ1) is 11.4. The molecule has 2 N–H and O–H groups in total. The Balaban J connectivity index is 2.04. The van der Waals surface area contributed by atoms with E-state index >= 15 is 0 Å². The van der Waals surface area contributed by atoms with Gasteiger partial charge in [0.2, 0.25) is 11.8 Å². The van der Waals surface area contributed by atoms with Gasteiger partial charge in [-0.2, -0.15) is 0 Å². The Labute approximate surface area is 142 Å². The Kier molecular flexibility index (Phi) is 5.74. The number of carbonyl (C=O) groups is 2. The van der Waals surface area contributed by atoms with E-state index in [1.807, 2.05) is 6.92 Å². The predicted molar refractivity (Wildman–Crippen MR) is 90.4 cm³/mol. The number of anilines is 1. The summed E-state index contributed by atoms with van der Waals surface area (Å²) in [6.07, 6.45) is -0.0423. The zero-order valence-electron chi connectivity index (χ0n) is 13.1. The van der Waals surface area contributed by atoms with Crippen LogP contribution in [0.4, 0.5) is 11.4 Å². The number of hydrogen-bond acceptors (Lipinski definition) is 7. The van der Waals surface area contributed by atoms with E-state index in [1.54, 1.807) is 0 Å². The summed E-state index contributed by atoms with van der Waals surface area (Å²) < 4.78 is 5.05. The van der Waals surface area contributed by atoms with Crippen LogP contribution in [-0.4, -0.2) is 40.8 Å². The lowest BCUT2D eigenvalue weighted by molar-refractivity contribution is -0.384. The number of ether oxygens (including phenoxy) is 1. The number of nitro groups is 1. The number of nitrogens with one attached hydrogen (secondary N) is 2. The van der Waals surface area contributed by atoms with Gasteiger partial charge >= 0.3 is 0 Å². The van der Waals surface area contributed by atoms with E-state index in [0.717, 1.165) is 0 Å². The topological polar surface area (TPSA) is 123 Å². The average molecular weight is 352 g/mol. The van der Waals surface area contributed by atoms with Gasteiger partial charge in [-0.1, -0.05) is 11.8 Å². The average Bonchev–Trinajstić information content (AvgIpc) is 2.87. The van der Waals surface area contributed by atoms with Crippen LogP contribution in [0.5, 0.6) is 5.75 Å². The van der Waals surface area contributed by atoms with Crippen LogP contribution in [0.1, 0.15) is 13.3 Å². The van der Waals surface area contributed by atoms with Gasteiger partial charge in [0, 0.05) is 19.0 Å². The lowest BCUT2D eigenvalue weighted by Gasteiger charge is -2.11. The van der Waals surface area contributed by atoms with E-state index in [4.69, 9.17) is 4.74 Å². The Hall–Kier alpha value is -2.62. The molecule has 1 fully saturated rings. The number of nitrogens with zero attached hydrogens (tertiary/aromatic N) is 2. The molecule has 0 unspecified atom stereocenters. The normalized spacial score (nSPS) is 18.3. The maximum Gasteiger partial charge on any atom is 0.273 e. The Morgan fingerprint density at radius 3 is 2.92 bits per heavy atom. The molecule has 1 atom stereocenters. The molecule has 0 spiro atoms. The third-order valence-electron chi connectivity index (χ3n) is 3.12. The molecule has 0 bridgehead atoms. The van der Waals surface area contributed by atoms with Crippen molar-refractivity contribution in [1.82, 2.24) is 5.32 Å². The third kappa shape index (κ3) is 4.22. The molecule has 10 heteroatoms. The first kappa shape index (κ1) is 17.7. The standard InChI is InChI=1S/C14H16N4O5S/c1-3-15-14-17-13(20)11(24-14)7-12(19)16-9-5-4-8(18(21)22)6-10(9)23-2/h4-6,11H,3,7H2,1-2H3,(H,16,19)(H,15,17,20)/t11-/m0/s1. The van der Waals surface area contributed by atoms with Crippen LogP contribution >= 0.6 is 11.8 Å². The minimum absolute atomic E-state index is 0.0423. The van der Waals surface area contributed by atoms with Crippen molar-refractivity contribution >= 4 is 40.1 Å². The highest BCUT2D eigenvalue weighted by Crippen LogP contribution is 2.30. The number of carbonyl (C=O) groups excluding carboxylic acids is 2. The molecule has 1 aromatic carbocycles. The number of aliphatic imine (C=N–C) groups is 1. The smallest absolute Gasteiger partial charge is 0.273 e. The molecule has 1 aromatic rings. The number of hydrogen-bond donors (Lipinski definition) is 2. The van der Waals surface area contributed by atoms with Gasteiger partial charge in [-0.3, -0.25) is 24.7 Å². The van der Waals surface area contributed by atoms with E-state index < -0.39 is 16.1 Å². The van der Waals surface area contributed by atoms with Crippen molar-refractivity contribution < 1.29 is 19.2 Å². The van der Waals surface area contributed by atoms with Crippen LogP contribution in [0, 0.1) is 10.1 Å². The highest BCUT2D eigenvalue weighted by molar-refractivity contribution is 8.15. The third-order valence-corrected chi connectivity index (χ3v) is 4.24. The van der Waals surface area contributed by atoms with Crippen molar-refractivity contribution in [3.63, 3.8) is 0 Å². The van der Waals surface area contributed by atoms with Crippen molar-refractivity contribution in [1.29, 1.82) is 0 Å². The van der Waals surface area contributed by atoms with Gasteiger partial charge in [-0.05, 0) is 13.0 Å². The van der Waals surface area contributed by atoms with Crippen LogP contribution in [0.3, 0.4) is 0 Å². The van der Waals surface area contributed by atoms with Gasteiger partial charge < -0.3 is 15.4 Å². The fraction of sp³-hybridized carbons (Fsp3) is 0.357. The molecule has 0 radical (unpaired) electrons. The lowest BCUT2D eigenvalue weighted by atomic mass is 10.2.